The zero-order valence-electron chi connectivity index (χ0n) is 12.4. The maximum atomic E-state index is 4.75. The molecule has 0 atom stereocenters. The van der Waals surface area contributed by atoms with Crippen molar-refractivity contribution >= 4 is 11.3 Å². The molecule has 1 rings (SSSR count). The highest BCUT2D eigenvalue weighted by Crippen LogP contribution is 2.19. The summed E-state index contributed by atoms with van der Waals surface area (Å²) >= 11 is 1.88. The monoisotopic (exact) mass is 269 g/mol. The maximum absolute atomic E-state index is 4.75. The van der Waals surface area contributed by atoms with Crippen molar-refractivity contribution in [2.24, 2.45) is 5.92 Å². The van der Waals surface area contributed by atoms with Gasteiger partial charge in [0, 0.05) is 24.4 Å². The Balaban J connectivity index is 2.54. The van der Waals surface area contributed by atoms with Crippen molar-refractivity contribution in [2.45, 2.75) is 40.2 Å². The summed E-state index contributed by atoms with van der Waals surface area (Å²) < 4.78 is 0. The van der Waals surface area contributed by atoms with E-state index in [1.54, 1.807) is 0 Å². The smallest absolute Gasteiger partial charge is 0.0944 e. The number of thiazole rings is 1. The average molecular weight is 269 g/mol. The van der Waals surface area contributed by atoms with Crippen LogP contribution in [0.4, 0.5) is 0 Å². The first-order valence-corrected chi connectivity index (χ1v) is 7.67. The summed E-state index contributed by atoms with van der Waals surface area (Å²) in [6, 6.07) is 0. The van der Waals surface area contributed by atoms with Crippen LogP contribution in [0.1, 0.15) is 36.3 Å². The highest BCUT2D eigenvalue weighted by atomic mass is 32.1. The highest BCUT2D eigenvalue weighted by molar-refractivity contribution is 7.11. The molecule has 1 N–H and O–H groups in total. The molecule has 0 saturated carbocycles. The van der Waals surface area contributed by atoms with Crippen molar-refractivity contribution in [3.8, 4) is 0 Å². The van der Waals surface area contributed by atoms with Gasteiger partial charge in [-0.05, 0) is 33.0 Å². The maximum Gasteiger partial charge on any atom is 0.0944 e. The Kier molecular flexibility index (Phi) is 6.82. The molecule has 0 spiro atoms. The van der Waals surface area contributed by atoms with Gasteiger partial charge in [-0.2, -0.15) is 0 Å². The van der Waals surface area contributed by atoms with Crippen molar-refractivity contribution < 1.29 is 0 Å². The van der Waals surface area contributed by atoms with Gasteiger partial charge in [-0.25, -0.2) is 4.98 Å². The van der Waals surface area contributed by atoms with Crippen molar-refractivity contribution in [1.29, 1.82) is 0 Å². The molecular weight excluding hydrogens is 242 g/mol. The van der Waals surface area contributed by atoms with Gasteiger partial charge in [0.1, 0.15) is 0 Å². The predicted molar refractivity (Wildman–Crippen MR) is 80.3 cm³/mol. The number of rotatable bonds is 8. The van der Waals surface area contributed by atoms with Crippen LogP contribution in [0.3, 0.4) is 0 Å². The van der Waals surface area contributed by atoms with Gasteiger partial charge in [0.05, 0.1) is 10.7 Å². The largest absolute Gasteiger partial charge is 0.312 e. The summed E-state index contributed by atoms with van der Waals surface area (Å²) in [6.07, 6.45) is 2.10. The predicted octanol–water partition coefficient (Wildman–Crippen LogP) is 2.56. The van der Waals surface area contributed by atoms with Crippen LogP contribution in [-0.4, -0.2) is 37.1 Å². The Labute approximate surface area is 116 Å². The molecule has 0 radical (unpaired) electrons. The van der Waals surface area contributed by atoms with Gasteiger partial charge in [0.2, 0.25) is 0 Å². The molecule has 0 fully saturated rings. The van der Waals surface area contributed by atoms with Crippen LogP contribution in [0.15, 0.2) is 0 Å². The molecular formula is C14H27N3S. The molecule has 18 heavy (non-hydrogen) atoms. The van der Waals surface area contributed by atoms with Crippen LogP contribution in [0, 0.1) is 5.92 Å². The lowest BCUT2D eigenvalue weighted by atomic mass is 10.2. The molecule has 0 bridgehead atoms. The molecule has 1 aromatic heterocycles. The van der Waals surface area contributed by atoms with E-state index in [1.165, 1.54) is 15.6 Å². The molecule has 0 aliphatic carbocycles. The summed E-state index contributed by atoms with van der Waals surface area (Å²) in [5.74, 6) is 0.705. The molecule has 104 valence electrons. The van der Waals surface area contributed by atoms with Gasteiger partial charge in [-0.3, -0.25) is 0 Å². The third kappa shape index (κ3) is 5.46. The number of nitrogens with zero attached hydrogens (tertiary/aromatic N) is 2. The van der Waals surface area contributed by atoms with E-state index in [1.807, 2.05) is 11.3 Å². The minimum absolute atomic E-state index is 0.705. The first-order valence-electron chi connectivity index (χ1n) is 6.85. The van der Waals surface area contributed by atoms with Crippen molar-refractivity contribution in [3.63, 3.8) is 0 Å². The molecule has 4 heteroatoms. The van der Waals surface area contributed by atoms with Crippen LogP contribution in [0.25, 0.3) is 0 Å². The summed E-state index contributed by atoms with van der Waals surface area (Å²) in [7, 11) is 4.22. The number of likely N-dealkylation sites (N-methyl/N-ethyl adjacent to an activating group) is 1. The number of hydrogen-bond acceptors (Lipinski definition) is 4. The zero-order valence-corrected chi connectivity index (χ0v) is 13.2. The number of aryl methyl sites for hydroxylation is 1. The van der Waals surface area contributed by atoms with Gasteiger partial charge in [0.15, 0.2) is 0 Å². The second-order valence-electron chi connectivity index (χ2n) is 5.41. The molecule has 3 nitrogen and oxygen atoms in total. The zero-order chi connectivity index (χ0) is 13.5. The summed E-state index contributed by atoms with van der Waals surface area (Å²) in [6.45, 7) is 9.80. The number of nitrogens with one attached hydrogen (secondary N) is 1. The van der Waals surface area contributed by atoms with Crippen LogP contribution >= 0.6 is 11.3 Å². The fraction of sp³-hybridized carbons (Fsp3) is 0.786. The summed E-state index contributed by atoms with van der Waals surface area (Å²) in [5, 5.41) is 4.79. The lowest BCUT2D eigenvalue weighted by Gasteiger charge is -2.06. The average Bonchev–Trinajstić information content (AvgIpc) is 2.68. The fourth-order valence-corrected chi connectivity index (χ4v) is 2.87. The number of hydrogen-bond donors (Lipinski definition) is 1. The van der Waals surface area contributed by atoms with E-state index in [0.29, 0.717) is 5.92 Å². The van der Waals surface area contributed by atoms with Gasteiger partial charge in [0.25, 0.3) is 0 Å². The first-order chi connectivity index (χ1) is 8.52. The molecule has 0 amide bonds. The van der Waals surface area contributed by atoms with Gasteiger partial charge < -0.3 is 10.2 Å². The van der Waals surface area contributed by atoms with E-state index in [-0.39, 0.29) is 0 Å². The van der Waals surface area contributed by atoms with E-state index < -0.39 is 0 Å². The molecule has 0 aliphatic rings. The number of aromatic nitrogens is 1. The topological polar surface area (TPSA) is 28.2 Å². The third-order valence-corrected chi connectivity index (χ3v) is 3.93. The minimum Gasteiger partial charge on any atom is -0.312 e. The Morgan fingerprint density at radius 1 is 1.33 bits per heavy atom. The van der Waals surface area contributed by atoms with Crippen molar-refractivity contribution in [2.75, 3.05) is 27.2 Å². The second kappa shape index (κ2) is 7.87. The molecule has 0 saturated heterocycles. The normalized spacial score (nSPS) is 11.7. The van der Waals surface area contributed by atoms with E-state index >= 15 is 0 Å². The van der Waals surface area contributed by atoms with Crippen LogP contribution in [0.2, 0.25) is 0 Å². The molecule has 1 heterocycles. The van der Waals surface area contributed by atoms with Crippen LogP contribution in [0.5, 0.6) is 0 Å². The van der Waals surface area contributed by atoms with Gasteiger partial charge in [-0.15, -0.1) is 11.3 Å². The quantitative estimate of drug-likeness (QED) is 0.786. The summed E-state index contributed by atoms with van der Waals surface area (Å²) in [5.41, 5.74) is 1.28. The van der Waals surface area contributed by atoms with E-state index in [4.69, 9.17) is 4.98 Å². The van der Waals surface area contributed by atoms with E-state index in [2.05, 4.69) is 45.1 Å². The molecule has 0 aromatic carbocycles. The molecule has 0 aliphatic heterocycles. The molecule has 1 aromatic rings. The van der Waals surface area contributed by atoms with Gasteiger partial charge >= 0.3 is 0 Å². The van der Waals surface area contributed by atoms with Crippen LogP contribution in [-0.2, 0) is 19.4 Å². The van der Waals surface area contributed by atoms with E-state index in [0.717, 1.165) is 32.5 Å². The molecule has 0 unspecified atom stereocenters. The Hall–Kier alpha value is -0.450. The van der Waals surface area contributed by atoms with Gasteiger partial charge in [-0.1, -0.05) is 20.8 Å². The van der Waals surface area contributed by atoms with Crippen molar-refractivity contribution in [3.05, 3.63) is 15.6 Å². The van der Waals surface area contributed by atoms with Crippen LogP contribution < -0.4 is 5.32 Å². The second-order valence-corrected chi connectivity index (χ2v) is 6.58. The Morgan fingerprint density at radius 3 is 2.61 bits per heavy atom. The lowest BCUT2D eigenvalue weighted by Crippen LogP contribution is -2.18. The van der Waals surface area contributed by atoms with Crippen molar-refractivity contribution in [1.82, 2.24) is 15.2 Å². The SMILES string of the molecule is CCc1nc(CCN(C)C)sc1CNCC(C)C. The summed E-state index contributed by atoms with van der Waals surface area (Å²) in [4.78, 5) is 8.39. The third-order valence-electron chi connectivity index (χ3n) is 2.77. The highest BCUT2D eigenvalue weighted by Gasteiger charge is 2.09. The lowest BCUT2D eigenvalue weighted by molar-refractivity contribution is 0.413. The van der Waals surface area contributed by atoms with E-state index in [9.17, 15) is 0 Å². The Morgan fingerprint density at radius 2 is 2.06 bits per heavy atom. The first kappa shape index (κ1) is 15.6. The minimum atomic E-state index is 0.705. The standard InChI is InChI=1S/C14H27N3S/c1-6-12-13(10-15-9-11(2)3)18-14(16-12)7-8-17(4)5/h11,15H,6-10H2,1-5H3. The fourth-order valence-electron chi connectivity index (χ4n) is 1.75. The Bertz CT molecular complexity index is 345.